The van der Waals surface area contributed by atoms with Crippen molar-refractivity contribution in [2.45, 2.75) is 116 Å². The zero-order valence-corrected chi connectivity index (χ0v) is 23.7. The Morgan fingerprint density at radius 3 is 2.37 bits per heavy atom. The lowest BCUT2D eigenvalue weighted by molar-refractivity contribution is -0.217. The van der Waals surface area contributed by atoms with Gasteiger partial charge in [0.05, 0.1) is 11.5 Å². The number of aliphatic hydroxyl groups excluding tert-OH is 3. The highest BCUT2D eigenvalue weighted by molar-refractivity contribution is 5.71. The molecule has 0 saturated heterocycles. The molecular formula is C30H46O8. The van der Waals surface area contributed by atoms with E-state index in [4.69, 9.17) is 9.47 Å². The Morgan fingerprint density at radius 1 is 1.08 bits per heavy atom. The molecule has 4 rings (SSSR count). The summed E-state index contributed by atoms with van der Waals surface area (Å²) in [6.07, 6.45) is 5.01. The molecule has 4 N–H and O–H groups in total. The Bertz CT molecular complexity index is 1020. The van der Waals surface area contributed by atoms with Gasteiger partial charge in [0.2, 0.25) is 0 Å². The molecule has 0 aromatic heterocycles. The number of esters is 2. The highest BCUT2D eigenvalue weighted by Crippen LogP contribution is 2.76. The maximum atomic E-state index is 13.1. The van der Waals surface area contributed by atoms with Crippen LogP contribution in [0.15, 0.2) is 23.3 Å². The zero-order valence-electron chi connectivity index (χ0n) is 23.7. The first-order chi connectivity index (χ1) is 17.7. The van der Waals surface area contributed by atoms with Crippen molar-refractivity contribution in [3.63, 3.8) is 0 Å². The molecule has 4 aliphatic carbocycles. The predicted molar refractivity (Wildman–Crippen MR) is 141 cm³/mol. The quantitative estimate of drug-likeness (QED) is 0.201. The van der Waals surface area contributed by atoms with Crippen LogP contribution in [0.3, 0.4) is 0 Å². The molecule has 8 nitrogen and oxygen atoms in total. The highest BCUT2D eigenvalue weighted by atomic mass is 16.6. The van der Waals surface area contributed by atoms with Crippen LogP contribution in [0.2, 0.25) is 0 Å². The maximum Gasteiger partial charge on any atom is 0.306 e. The maximum absolute atomic E-state index is 13.1. The normalized spacial score (nSPS) is 42.6. The minimum Gasteiger partial charge on any atom is -0.461 e. The third-order valence-corrected chi connectivity index (χ3v) is 10.4. The Labute approximate surface area is 226 Å². The van der Waals surface area contributed by atoms with Crippen molar-refractivity contribution in [1.82, 2.24) is 0 Å². The van der Waals surface area contributed by atoms with E-state index in [9.17, 15) is 30.0 Å². The van der Waals surface area contributed by atoms with Crippen molar-refractivity contribution in [3.8, 4) is 0 Å². The predicted octanol–water partition coefficient (Wildman–Crippen LogP) is 3.20. The summed E-state index contributed by atoms with van der Waals surface area (Å²) < 4.78 is 11.5. The third kappa shape index (κ3) is 4.01. The van der Waals surface area contributed by atoms with Gasteiger partial charge in [-0.2, -0.15) is 0 Å². The van der Waals surface area contributed by atoms with Crippen LogP contribution in [0.25, 0.3) is 0 Å². The summed E-state index contributed by atoms with van der Waals surface area (Å²) in [5, 5.41) is 47.0. The van der Waals surface area contributed by atoms with Gasteiger partial charge in [0.25, 0.3) is 0 Å². The smallest absolute Gasteiger partial charge is 0.306 e. The second kappa shape index (κ2) is 10.0. The van der Waals surface area contributed by atoms with Gasteiger partial charge in [-0.15, -0.1) is 0 Å². The summed E-state index contributed by atoms with van der Waals surface area (Å²) in [6.45, 7) is 10.7. The fraction of sp³-hybridized carbons (Fsp3) is 0.800. The molecule has 2 fully saturated rings. The molecule has 1 spiro atoms. The van der Waals surface area contributed by atoms with Crippen LogP contribution < -0.4 is 0 Å². The summed E-state index contributed by atoms with van der Waals surface area (Å²) in [4.78, 5) is 24.7. The van der Waals surface area contributed by atoms with E-state index in [1.54, 1.807) is 19.1 Å². The molecule has 8 heteroatoms. The van der Waals surface area contributed by atoms with Gasteiger partial charge in [-0.1, -0.05) is 65.5 Å². The highest BCUT2D eigenvalue weighted by Gasteiger charge is 2.82. The second-order valence-electron chi connectivity index (χ2n) is 12.8. The minimum absolute atomic E-state index is 0.226. The molecule has 9 atom stereocenters. The zero-order chi connectivity index (χ0) is 28.3. The van der Waals surface area contributed by atoms with Crippen molar-refractivity contribution >= 4 is 11.9 Å². The van der Waals surface area contributed by atoms with E-state index in [0.717, 1.165) is 32.1 Å². The van der Waals surface area contributed by atoms with Crippen molar-refractivity contribution in [3.05, 3.63) is 23.3 Å². The number of hydrogen-bond acceptors (Lipinski definition) is 8. The molecule has 0 heterocycles. The fourth-order valence-electron chi connectivity index (χ4n) is 8.34. The van der Waals surface area contributed by atoms with Gasteiger partial charge < -0.3 is 29.9 Å². The number of rotatable bonds is 9. The lowest BCUT2D eigenvalue weighted by atomic mass is 9.58. The third-order valence-electron chi connectivity index (χ3n) is 10.4. The monoisotopic (exact) mass is 534 g/mol. The molecule has 0 aliphatic heterocycles. The molecule has 2 saturated carbocycles. The summed E-state index contributed by atoms with van der Waals surface area (Å²) in [7, 11) is 0. The molecule has 2 bridgehead atoms. The number of carbonyl (C=O) groups excluding carboxylic acids is 2. The molecule has 4 aliphatic rings. The first-order valence-electron chi connectivity index (χ1n) is 14.2. The molecule has 38 heavy (non-hydrogen) atoms. The van der Waals surface area contributed by atoms with Crippen LogP contribution in [0, 0.1) is 28.6 Å². The summed E-state index contributed by atoms with van der Waals surface area (Å²) in [6, 6.07) is 0. The van der Waals surface area contributed by atoms with Crippen molar-refractivity contribution in [1.29, 1.82) is 0 Å². The average Bonchev–Trinajstić information content (AvgIpc) is 3.25. The largest absolute Gasteiger partial charge is 0.461 e. The number of carbonyl (C=O) groups is 2. The Kier molecular flexibility index (Phi) is 7.71. The molecule has 0 amide bonds. The van der Waals surface area contributed by atoms with E-state index in [1.165, 1.54) is 6.92 Å². The summed E-state index contributed by atoms with van der Waals surface area (Å²) >= 11 is 0. The first-order valence-corrected chi connectivity index (χ1v) is 14.2. The Hall–Kier alpha value is -1.74. The Morgan fingerprint density at radius 2 is 1.74 bits per heavy atom. The van der Waals surface area contributed by atoms with E-state index in [0.29, 0.717) is 18.4 Å². The lowest BCUT2D eigenvalue weighted by Crippen LogP contribution is -2.66. The average molecular weight is 535 g/mol. The first kappa shape index (κ1) is 29.2. The molecule has 0 radical (unpaired) electrons. The summed E-state index contributed by atoms with van der Waals surface area (Å²) in [5.74, 6) is -2.17. The molecule has 1 unspecified atom stereocenters. The number of ether oxygens (including phenoxy) is 2. The second-order valence-corrected chi connectivity index (χ2v) is 12.8. The van der Waals surface area contributed by atoms with E-state index in [1.807, 2.05) is 20.8 Å². The van der Waals surface area contributed by atoms with Crippen molar-refractivity contribution < 1.29 is 39.5 Å². The van der Waals surface area contributed by atoms with E-state index < -0.39 is 58.1 Å². The van der Waals surface area contributed by atoms with Gasteiger partial charge in [0.15, 0.2) is 0 Å². The number of hydrogen-bond donors (Lipinski definition) is 4. The van der Waals surface area contributed by atoms with Crippen LogP contribution in [0.5, 0.6) is 0 Å². The van der Waals surface area contributed by atoms with Gasteiger partial charge >= 0.3 is 11.9 Å². The topological polar surface area (TPSA) is 134 Å². The SMILES string of the molecule is CCCCCCCC(=O)O[C@@]12C[C@@H](C)[C@]34C=C(C)[C@H](O)[C@@]3(O)[C@H](O)C(COC(C)=O)=C[C@H](C4O)[C@@H]1C2(C)C. The van der Waals surface area contributed by atoms with Crippen molar-refractivity contribution in [2.75, 3.05) is 6.61 Å². The lowest BCUT2D eigenvalue weighted by Gasteiger charge is -2.51. The van der Waals surface area contributed by atoms with Crippen LogP contribution in [0.4, 0.5) is 0 Å². The summed E-state index contributed by atoms with van der Waals surface area (Å²) in [5.41, 5.74) is -4.22. The number of aliphatic hydroxyl groups is 4. The molecule has 0 aromatic carbocycles. The van der Waals surface area contributed by atoms with Crippen molar-refractivity contribution in [2.24, 2.45) is 28.6 Å². The van der Waals surface area contributed by atoms with Crippen LogP contribution >= 0.6 is 0 Å². The molecule has 0 aromatic rings. The minimum atomic E-state index is -2.15. The van der Waals surface area contributed by atoms with Crippen LogP contribution in [-0.2, 0) is 19.1 Å². The van der Waals surface area contributed by atoms with E-state index in [-0.39, 0.29) is 24.1 Å². The van der Waals surface area contributed by atoms with Gasteiger partial charge in [-0.25, -0.2) is 0 Å². The number of unbranched alkanes of at least 4 members (excludes halogenated alkanes) is 4. The van der Waals surface area contributed by atoms with Crippen LogP contribution in [0.1, 0.15) is 86.5 Å². The number of fused-ring (bicyclic) bond motifs is 3. The van der Waals surface area contributed by atoms with Gasteiger partial charge in [-0.05, 0) is 36.8 Å². The molecule has 214 valence electrons. The molecular weight excluding hydrogens is 488 g/mol. The Balaban J connectivity index is 1.75. The van der Waals surface area contributed by atoms with E-state index >= 15 is 0 Å². The van der Waals surface area contributed by atoms with Gasteiger partial charge in [0, 0.05) is 30.6 Å². The standard InChI is InChI=1S/C30H46O8/c1-7-8-9-10-11-12-22(32)38-29-15-18(3)28-14-17(2)24(33)30(28,36)25(34)20(16-37-19(4)31)13-21(26(28)35)23(29)27(29,5)6/h13-14,18,21,23-26,33-36H,7-12,15-16H2,1-6H3/t18-,21+,23-,24+,25-,26?,28+,29+,30-/m1/s1. The fourth-order valence-corrected chi connectivity index (χ4v) is 8.34. The van der Waals surface area contributed by atoms with Gasteiger partial charge in [0.1, 0.15) is 30.0 Å². The van der Waals surface area contributed by atoms with Crippen LogP contribution in [-0.4, -0.2) is 68.5 Å². The van der Waals surface area contributed by atoms with E-state index in [2.05, 4.69) is 6.92 Å². The van der Waals surface area contributed by atoms with Gasteiger partial charge in [-0.3, -0.25) is 9.59 Å².